The number of esters is 2. The first kappa shape index (κ1) is 20.6. The molecule has 1 N–H and O–H groups in total. The van der Waals surface area contributed by atoms with Gasteiger partial charge in [0.15, 0.2) is 0 Å². The molecule has 6 atom stereocenters. The van der Waals surface area contributed by atoms with Gasteiger partial charge in [-0.25, -0.2) is 0 Å². The van der Waals surface area contributed by atoms with Gasteiger partial charge in [-0.2, -0.15) is 0 Å². The van der Waals surface area contributed by atoms with Crippen LogP contribution in [0.4, 0.5) is 0 Å². The normalized spacial score (nSPS) is 34.9. The summed E-state index contributed by atoms with van der Waals surface area (Å²) < 4.78 is 21.8. The van der Waals surface area contributed by atoms with E-state index in [9.17, 15) is 14.7 Å². The number of hydrogen-bond donors (Lipinski definition) is 1. The van der Waals surface area contributed by atoms with Crippen LogP contribution in [0.15, 0.2) is 0 Å². The maximum absolute atomic E-state index is 12.4. The van der Waals surface area contributed by atoms with Gasteiger partial charge >= 0.3 is 11.9 Å². The van der Waals surface area contributed by atoms with Crippen LogP contribution in [0.3, 0.4) is 0 Å². The molecule has 0 aromatic carbocycles. The standard InChI is InChI=1S/C20H32O7/c1-20(10-24-2,11-25-18(22)13-4-3-5-15(21)8-13)12-26-19(23)14-6-7-16-17(9-14)27-16/h13-17,21H,3-12H2,1-2H3. The van der Waals surface area contributed by atoms with E-state index in [1.807, 2.05) is 6.92 Å². The molecule has 1 saturated heterocycles. The van der Waals surface area contributed by atoms with E-state index >= 15 is 0 Å². The number of ether oxygens (including phenoxy) is 4. The highest BCUT2D eigenvalue weighted by Gasteiger charge is 2.46. The summed E-state index contributed by atoms with van der Waals surface area (Å²) in [5, 5.41) is 9.74. The van der Waals surface area contributed by atoms with Gasteiger partial charge < -0.3 is 24.1 Å². The lowest BCUT2D eigenvalue weighted by Crippen LogP contribution is -2.38. The van der Waals surface area contributed by atoms with E-state index in [4.69, 9.17) is 18.9 Å². The summed E-state index contributed by atoms with van der Waals surface area (Å²) in [5.74, 6) is -0.844. The van der Waals surface area contributed by atoms with Crippen molar-refractivity contribution in [2.45, 2.75) is 70.2 Å². The van der Waals surface area contributed by atoms with E-state index in [2.05, 4.69) is 0 Å². The number of hydrogen-bond acceptors (Lipinski definition) is 7. The van der Waals surface area contributed by atoms with Crippen molar-refractivity contribution in [1.29, 1.82) is 0 Å². The van der Waals surface area contributed by atoms with Gasteiger partial charge in [0.1, 0.15) is 13.2 Å². The second-order valence-corrected chi connectivity index (χ2v) is 8.70. The van der Waals surface area contributed by atoms with Gasteiger partial charge in [0.05, 0.1) is 42.2 Å². The summed E-state index contributed by atoms with van der Waals surface area (Å²) in [7, 11) is 1.57. The first-order valence-corrected chi connectivity index (χ1v) is 10.1. The van der Waals surface area contributed by atoms with Crippen LogP contribution < -0.4 is 0 Å². The maximum atomic E-state index is 12.4. The van der Waals surface area contributed by atoms with Crippen LogP contribution >= 0.6 is 0 Å². The molecule has 0 aromatic heterocycles. The zero-order valence-corrected chi connectivity index (χ0v) is 16.4. The van der Waals surface area contributed by atoms with Crippen molar-refractivity contribution in [3.05, 3.63) is 0 Å². The van der Waals surface area contributed by atoms with E-state index in [1.165, 1.54) is 0 Å². The highest BCUT2D eigenvalue weighted by Crippen LogP contribution is 2.40. The molecule has 154 valence electrons. The molecule has 7 heteroatoms. The number of aliphatic hydroxyl groups excluding tert-OH is 1. The predicted molar refractivity (Wildman–Crippen MR) is 95.9 cm³/mol. The Morgan fingerprint density at radius 3 is 2.22 bits per heavy atom. The number of methoxy groups -OCH3 is 1. The van der Waals surface area contributed by atoms with Gasteiger partial charge in [0, 0.05) is 7.11 Å². The van der Waals surface area contributed by atoms with Crippen molar-refractivity contribution >= 4 is 11.9 Å². The highest BCUT2D eigenvalue weighted by atomic mass is 16.6. The monoisotopic (exact) mass is 384 g/mol. The summed E-state index contributed by atoms with van der Waals surface area (Å²) >= 11 is 0. The number of carbonyl (C=O) groups excluding carboxylic acids is 2. The van der Waals surface area contributed by atoms with Crippen LogP contribution in [0, 0.1) is 17.3 Å². The number of rotatable bonds is 8. The van der Waals surface area contributed by atoms with Crippen LogP contribution in [0.2, 0.25) is 0 Å². The summed E-state index contributed by atoms with van der Waals surface area (Å²) in [6.07, 6.45) is 5.41. The van der Waals surface area contributed by atoms with Crippen LogP contribution in [0.1, 0.15) is 51.9 Å². The van der Waals surface area contributed by atoms with Gasteiger partial charge in [0.25, 0.3) is 0 Å². The minimum atomic E-state index is -0.597. The van der Waals surface area contributed by atoms with Crippen molar-refractivity contribution in [3.8, 4) is 0 Å². The van der Waals surface area contributed by atoms with Crippen LogP contribution in [-0.4, -0.2) is 62.3 Å². The number of fused-ring (bicyclic) bond motifs is 1. The molecule has 7 nitrogen and oxygen atoms in total. The Hall–Kier alpha value is -1.18. The van der Waals surface area contributed by atoms with Gasteiger partial charge in [-0.05, 0) is 38.5 Å². The van der Waals surface area contributed by atoms with Gasteiger partial charge in [-0.3, -0.25) is 9.59 Å². The molecule has 6 unspecified atom stereocenters. The van der Waals surface area contributed by atoms with E-state index < -0.39 is 11.5 Å². The molecule has 1 heterocycles. The van der Waals surface area contributed by atoms with Crippen LogP contribution in [0.25, 0.3) is 0 Å². The lowest BCUT2D eigenvalue weighted by Gasteiger charge is -2.30. The average molecular weight is 384 g/mol. The molecule has 2 saturated carbocycles. The van der Waals surface area contributed by atoms with Gasteiger partial charge in [-0.15, -0.1) is 0 Å². The lowest BCUT2D eigenvalue weighted by atomic mass is 9.87. The summed E-state index contributed by atoms with van der Waals surface area (Å²) in [4.78, 5) is 24.7. The highest BCUT2D eigenvalue weighted by molar-refractivity contribution is 5.73. The molecule has 0 amide bonds. The predicted octanol–water partition coefficient (Wildman–Crippen LogP) is 1.84. The minimum Gasteiger partial charge on any atom is -0.465 e. The molecular weight excluding hydrogens is 352 g/mol. The summed E-state index contributed by atoms with van der Waals surface area (Å²) in [5.41, 5.74) is -0.597. The molecule has 27 heavy (non-hydrogen) atoms. The molecule has 3 fully saturated rings. The van der Waals surface area contributed by atoms with Crippen molar-refractivity contribution in [1.82, 2.24) is 0 Å². The zero-order valence-electron chi connectivity index (χ0n) is 16.4. The third-order valence-corrected chi connectivity index (χ3v) is 5.94. The molecule has 3 rings (SSSR count). The van der Waals surface area contributed by atoms with Crippen molar-refractivity contribution < 1.29 is 33.6 Å². The summed E-state index contributed by atoms with van der Waals surface area (Å²) in [6.45, 7) is 2.47. The zero-order chi connectivity index (χ0) is 19.4. The minimum absolute atomic E-state index is 0.105. The van der Waals surface area contributed by atoms with Gasteiger partial charge in [0.2, 0.25) is 0 Å². The molecular formula is C20H32O7. The first-order valence-electron chi connectivity index (χ1n) is 10.1. The van der Waals surface area contributed by atoms with E-state index in [0.29, 0.717) is 19.1 Å². The Bertz CT molecular complexity index is 512. The average Bonchev–Trinajstić information content (AvgIpc) is 3.43. The quantitative estimate of drug-likeness (QED) is 0.504. The smallest absolute Gasteiger partial charge is 0.309 e. The molecule has 0 aromatic rings. The number of aliphatic hydroxyl groups is 1. The van der Waals surface area contributed by atoms with Crippen molar-refractivity contribution in [3.63, 3.8) is 0 Å². The van der Waals surface area contributed by atoms with E-state index in [1.54, 1.807) is 7.11 Å². The Morgan fingerprint density at radius 2 is 1.63 bits per heavy atom. The second-order valence-electron chi connectivity index (χ2n) is 8.70. The molecule has 2 aliphatic carbocycles. The van der Waals surface area contributed by atoms with Gasteiger partial charge in [-0.1, -0.05) is 13.3 Å². The Kier molecular flexibility index (Phi) is 6.76. The fraction of sp³-hybridized carbons (Fsp3) is 0.900. The largest absolute Gasteiger partial charge is 0.465 e. The van der Waals surface area contributed by atoms with Crippen molar-refractivity contribution in [2.75, 3.05) is 26.9 Å². The van der Waals surface area contributed by atoms with Crippen LogP contribution in [-0.2, 0) is 28.5 Å². The fourth-order valence-corrected chi connectivity index (χ4v) is 4.20. The van der Waals surface area contributed by atoms with Crippen molar-refractivity contribution in [2.24, 2.45) is 17.3 Å². The molecule has 0 radical (unpaired) electrons. The second kappa shape index (κ2) is 8.88. The lowest BCUT2D eigenvalue weighted by molar-refractivity contribution is -0.162. The number of epoxide rings is 1. The maximum Gasteiger partial charge on any atom is 0.309 e. The molecule has 0 spiro atoms. The topological polar surface area (TPSA) is 94.6 Å². The molecule has 3 aliphatic rings. The Morgan fingerprint density at radius 1 is 0.963 bits per heavy atom. The van der Waals surface area contributed by atoms with E-state index in [0.717, 1.165) is 38.5 Å². The Balaban J connectivity index is 1.45. The van der Waals surface area contributed by atoms with Crippen LogP contribution in [0.5, 0.6) is 0 Å². The molecule has 1 aliphatic heterocycles. The Labute approximate surface area is 160 Å². The third-order valence-electron chi connectivity index (χ3n) is 5.94. The summed E-state index contributed by atoms with van der Waals surface area (Å²) in [6, 6.07) is 0. The fourth-order valence-electron chi connectivity index (χ4n) is 4.20. The molecule has 0 bridgehead atoms. The SMILES string of the molecule is COCC(C)(COC(=O)C1CCCC(O)C1)COC(=O)C1CCC2OC2C1. The number of carbonyl (C=O) groups is 2. The first-order chi connectivity index (χ1) is 12.9. The van der Waals surface area contributed by atoms with E-state index in [-0.39, 0.29) is 43.1 Å². The third kappa shape index (κ3) is 5.65.